The van der Waals surface area contributed by atoms with Crippen LogP contribution in [-0.4, -0.2) is 22.6 Å². The molecular formula is C16H12F2N4S2. The van der Waals surface area contributed by atoms with Crippen LogP contribution in [0.15, 0.2) is 48.5 Å². The van der Waals surface area contributed by atoms with Gasteiger partial charge in [0.1, 0.15) is 24.0 Å². The molecule has 0 amide bonds. The minimum atomic E-state index is -0.309. The summed E-state index contributed by atoms with van der Waals surface area (Å²) >= 11 is 10.8. The van der Waals surface area contributed by atoms with Crippen LogP contribution in [0.3, 0.4) is 0 Å². The highest BCUT2D eigenvalue weighted by atomic mass is 32.1. The number of benzene rings is 2. The van der Waals surface area contributed by atoms with E-state index in [1.54, 1.807) is 24.3 Å². The second kappa shape index (κ2) is 5.64. The maximum atomic E-state index is 13.2. The Kier molecular flexibility index (Phi) is 3.58. The first-order chi connectivity index (χ1) is 11.5. The number of hydrogen-bond donors (Lipinski definition) is 2. The van der Waals surface area contributed by atoms with Crippen LogP contribution in [0, 0.1) is 11.6 Å². The number of rotatable bonds is 2. The Morgan fingerprint density at radius 1 is 0.667 bits per heavy atom. The van der Waals surface area contributed by atoms with E-state index < -0.39 is 0 Å². The van der Waals surface area contributed by atoms with Gasteiger partial charge in [-0.1, -0.05) is 0 Å². The Morgan fingerprint density at radius 3 is 1.33 bits per heavy atom. The summed E-state index contributed by atoms with van der Waals surface area (Å²) in [5, 5.41) is 7.46. The largest absolute Gasteiger partial charge is 0.338 e. The summed E-state index contributed by atoms with van der Waals surface area (Å²) in [7, 11) is 0. The van der Waals surface area contributed by atoms with Crippen molar-refractivity contribution in [1.82, 2.24) is 10.6 Å². The smallest absolute Gasteiger partial charge is 0.177 e. The maximum Gasteiger partial charge on any atom is 0.177 e. The SMILES string of the molecule is Fc1ccc(N2C(=S)NC3C2NC(=S)N3c2ccc(F)cc2)cc1. The van der Waals surface area contributed by atoms with Crippen molar-refractivity contribution in [2.45, 2.75) is 12.3 Å². The summed E-state index contributed by atoms with van der Waals surface area (Å²) in [4.78, 5) is 3.71. The van der Waals surface area contributed by atoms with E-state index in [4.69, 9.17) is 24.4 Å². The van der Waals surface area contributed by atoms with Crippen LogP contribution >= 0.6 is 24.4 Å². The molecule has 0 spiro atoms. The highest BCUT2D eigenvalue weighted by Crippen LogP contribution is 2.31. The van der Waals surface area contributed by atoms with Crippen molar-refractivity contribution in [1.29, 1.82) is 0 Å². The van der Waals surface area contributed by atoms with E-state index in [-0.39, 0.29) is 24.0 Å². The molecule has 4 nitrogen and oxygen atoms in total. The molecule has 0 saturated carbocycles. The van der Waals surface area contributed by atoms with Crippen molar-refractivity contribution in [3.63, 3.8) is 0 Å². The fourth-order valence-electron chi connectivity index (χ4n) is 2.97. The highest BCUT2D eigenvalue weighted by molar-refractivity contribution is 7.81. The molecule has 2 N–H and O–H groups in total. The Morgan fingerprint density at radius 2 is 1.00 bits per heavy atom. The van der Waals surface area contributed by atoms with Gasteiger partial charge >= 0.3 is 0 Å². The van der Waals surface area contributed by atoms with Crippen LogP contribution in [-0.2, 0) is 0 Å². The van der Waals surface area contributed by atoms with Crippen molar-refractivity contribution in [3.05, 3.63) is 60.2 Å². The third-order valence-corrected chi connectivity index (χ3v) is 4.67. The van der Waals surface area contributed by atoms with Crippen LogP contribution in [0.25, 0.3) is 0 Å². The van der Waals surface area contributed by atoms with E-state index >= 15 is 0 Å². The van der Waals surface area contributed by atoms with E-state index in [1.807, 2.05) is 9.80 Å². The summed E-state index contributed by atoms with van der Waals surface area (Å²) in [5.41, 5.74) is 1.52. The summed E-state index contributed by atoms with van der Waals surface area (Å²) in [6.07, 6.45) is -0.471. The Balaban J connectivity index is 1.67. The van der Waals surface area contributed by atoms with Gasteiger partial charge in [0.2, 0.25) is 0 Å². The lowest BCUT2D eigenvalue weighted by Crippen LogP contribution is -2.43. The van der Waals surface area contributed by atoms with Gasteiger partial charge in [0.25, 0.3) is 0 Å². The molecule has 0 radical (unpaired) electrons. The number of fused-ring (bicyclic) bond motifs is 1. The third-order valence-electron chi connectivity index (χ3n) is 4.05. The number of anilines is 2. The van der Waals surface area contributed by atoms with E-state index in [0.717, 1.165) is 11.4 Å². The molecule has 2 aliphatic heterocycles. The van der Waals surface area contributed by atoms with Gasteiger partial charge in [-0.3, -0.25) is 9.80 Å². The average Bonchev–Trinajstić information content (AvgIpc) is 3.02. The fourth-order valence-corrected chi connectivity index (χ4v) is 3.65. The van der Waals surface area contributed by atoms with Crippen molar-refractivity contribution < 1.29 is 8.78 Å². The molecule has 122 valence electrons. The van der Waals surface area contributed by atoms with Gasteiger partial charge in [-0.25, -0.2) is 8.78 Å². The van der Waals surface area contributed by atoms with Crippen LogP contribution in [0.5, 0.6) is 0 Å². The zero-order valence-corrected chi connectivity index (χ0v) is 13.9. The van der Waals surface area contributed by atoms with E-state index in [1.165, 1.54) is 24.3 Å². The van der Waals surface area contributed by atoms with Gasteiger partial charge in [-0.15, -0.1) is 0 Å². The molecule has 2 fully saturated rings. The van der Waals surface area contributed by atoms with Crippen LogP contribution in [0.2, 0.25) is 0 Å². The number of thiocarbonyl (C=S) groups is 2. The molecule has 2 atom stereocenters. The Bertz CT molecular complexity index is 740. The number of nitrogens with one attached hydrogen (secondary N) is 2. The molecule has 0 aromatic heterocycles. The van der Waals surface area contributed by atoms with Crippen LogP contribution < -0.4 is 20.4 Å². The monoisotopic (exact) mass is 362 g/mol. The highest BCUT2D eigenvalue weighted by Gasteiger charge is 2.48. The van der Waals surface area contributed by atoms with Gasteiger partial charge in [0.15, 0.2) is 10.2 Å². The molecule has 2 aromatic carbocycles. The van der Waals surface area contributed by atoms with Gasteiger partial charge < -0.3 is 10.6 Å². The molecule has 2 aromatic rings. The molecular weight excluding hydrogens is 350 g/mol. The minimum absolute atomic E-state index is 0.236. The lowest BCUT2D eigenvalue weighted by atomic mass is 10.2. The predicted molar refractivity (Wildman–Crippen MR) is 96.8 cm³/mol. The van der Waals surface area contributed by atoms with Crippen molar-refractivity contribution in [3.8, 4) is 0 Å². The molecule has 24 heavy (non-hydrogen) atoms. The zero-order chi connectivity index (χ0) is 16.8. The number of nitrogens with zero attached hydrogens (tertiary/aromatic N) is 2. The number of halogens is 2. The molecule has 8 heteroatoms. The zero-order valence-electron chi connectivity index (χ0n) is 12.2. The quantitative estimate of drug-likeness (QED) is 0.799. The van der Waals surface area contributed by atoms with Gasteiger partial charge in [-0.05, 0) is 73.0 Å². The first-order valence-electron chi connectivity index (χ1n) is 7.25. The first kappa shape index (κ1) is 15.2. The van der Waals surface area contributed by atoms with E-state index in [0.29, 0.717) is 10.2 Å². The molecule has 2 aliphatic rings. The van der Waals surface area contributed by atoms with Crippen molar-refractivity contribution in [2.75, 3.05) is 9.80 Å². The molecule has 0 aliphatic carbocycles. The van der Waals surface area contributed by atoms with Crippen molar-refractivity contribution >= 4 is 46.0 Å². The van der Waals surface area contributed by atoms with Crippen LogP contribution in [0.4, 0.5) is 20.2 Å². The second-order valence-corrected chi connectivity index (χ2v) is 6.25. The lowest BCUT2D eigenvalue weighted by Gasteiger charge is -2.23. The summed E-state index contributed by atoms with van der Waals surface area (Å²) in [6.45, 7) is 0. The van der Waals surface area contributed by atoms with Crippen molar-refractivity contribution in [2.24, 2.45) is 0 Å². The summed E-state index contributed by atoms with van der Waals surface area (Å²) in [6, 6.07) is 12.2. The number of hydrogen-bond acceptors (Lipinski definition) is 2. The molecule has 2 heterocycles. The lowest BCUT2D eigenvalue weighted by molar-refractivity contribution is 0.576. The van der Waals surface area contributed by atoms with Gasteiger partial charge in [-0.2, -0.15) is 0 Å². The Labute approximate surface area is 148 Å². The fraction of sp³-hybridized carbons (Fsp3) is 0.125. The van der Waals surface area contributed by atoms with Gasteiger partial charge in [0, 0.05) is 11.4 Å². The maximum absolute atomic E-state index is 13.2. The summed E-state index contributed by atoms with van der Waals surface area (Å²) < 4.78 is 26.3. The van der Waals surface area contributed by atoms with Crippen LogP contribution in [0.1, 0.15) is 0 Å². The van der Waals surface area contributed by atoms with Gasteiger partial charge in [0.05, 0.1) is 0 Å². The predicted octanol–water partition coefficient (Wildman–Crippen LogP) is 2.71. The minimum Gasteiger partial charge on any atom is -0.338 e. The summed E-state index contributed by atoms with van der Waals surface area (Å²) in [5.74, 6) is -0.618. The first-order valence-corrected chi connectivity index (χ1v) is 8.07. The third kappa shape index (κ3) is 2.38. The molecule has 2 unspecified atom stereocenters. The van der Waals surface area contributed by atoms with E-state index in [9.17, 15) is 8.78 Å². The normalized spacial score (nSPS) is 22.4. The average molecular weight is 362 g/mol. The second-order valence-electron chi connectivity index (χ2n) is 5.48. The standard InChI is InChI=1S/C16H12F2N4S2/c17-9-1-5-11(6-2-9)21-13-14(20-15(21)23)22(16(24)19-13)12-7-3-10(18)4-8-12/h1-8,13-14H,(H,19,24)(H,20,23). The Hall–Kier alpha value is -2.32. The molecule has 4 rings (SSSR count). The topological polar surface area (TPSA) is 30.5 Å². The molecule has 0 bridgehead atoms. The van der Waals surface area contributed by atoms with E-state index in [2.05, 4.69) is 10.6 Å². The molecule has 2 saturated heterocycles.